The fourth-order valence-electron chi connectivity index (χ4n) is 4.79. The van der Waals surface area contributed by atoms with E-state index < -0.39 is 60.3 Å². The van der Waals surface area contributed by atoms with Gasteiger partial charge in [-0.2, -0.15) is 0 Å². The number of rotatable bonds is 6. The second kappa shape index (κ2) is 11.0. The number of fused-ring (bicyclic) bond motifs is 1. The summed E-state index contributed by atoms with van der Waals surface area (Å²) in [5, 5.41) is 11.4. The number of carbonyl (C=O) groups excluding carboxylic acids is 3. The van der Waals surface area contributed by atoms with Crippen LogP contribution in [-0.2, 0) is 23.7 Å². The van der Waals surface area contributed by atoms with Crippen molar-refractivity contribution in [3.8, 4) is 0 Å². The standard InChI is InChI=1S/C30H28O9/c1-30(2)38-23-21(31)22(35-27(32)18-12-6-3-7-13-18)24(36-28(33)19-14-8-4-9-15-19)25(26(23)39-30)37-29(34)20-16-10-5-11-17-20/h3-17,21-26,31H,1-2H3/t21-,22+,23-,24-,25+,26+/m0/s1. The normalized spacial score (nSPS) is 27.2. The van der Waals surface area contributed by atoms with Crippen LogP contribution in [0.1, 0.15) is 44.9 Å². The zero-order valence-electron chi connectivity index (χ0n) is 21.3. The maximum absolute atomic E-state index is 13.2. The molecule has 3 aromatic carbocycles. The predicted molar refractivity (Wildman–Crippen MR) is 137 cm³/mol. The van der Waals surface area contributed by atoms with E-state index in [2.05, 4.69) is 0 Å². The van der Waals surface area contributed by atoms with Gasteiger partial charge in [-0.15, -0.1) is 0 Å². The van der Waals surface area contributed by atoms with E-state index in [0.717, 1.165) is 0 Å². The third-order valence-electron chi connectivity index (χ3n) is 6.57. The number of esters is 3. The smallest absolute Gasteiger partial charge is 0.338 e. The largest absolute Gasteiger partial charge is 0.452 e. The van der Waals surface area contributed by atoms with Crippen molar-refractivity contribution in [1.82, 2.24) is 0 Å². The molecule has 1 aliphatic heterocycles. The zero-order chi connectivity index (χ0) is 27.6. The molecule has 0 unspecified atom stereocenters. The van der Waals surface area contributed by atoms with Crippen LogP contribution in [0.15, 0.2) is 91.0 Å². The van der Waals surface area contributed by atoms with Crippen molar-refractivity contribution in [3.63, 3.8) is 0 Å². The van der Waals surface area contributed by atoms with Gasteiger partial charge < -0.3 is 28.8 Å². The summed E-state index contributed by atoms with van der Waals surface area (Å²) in [5.74, 6) is -3.39. The van der Waals surface area contributed by atoms with Crippen molar-refractivity contribution in [2.75, 3.05) is 0 Å². The first kappa shape index (κ1) is 26.6. The first-order chi connectivity index (χ1) is 18.7. The maximum Gasteiger partial charge on any atom is 0.338 e. The minimum absolute atomic E-state index is 0.222. The molecule has 0 spiro atoms. The van der Waals surface area contributed by atoms with Crippen molar-refractivity contribution in [3.05, 3.63) is 108 Å². The Balaban J connectivity index is 1.53. The number of carbonyl (C=O) groups is 3. The van der Waals surface area contributed by atoms with Crippen LogP contribution in [0.25, 0.3) is 0 Å². The quantitative estimate of drug-likeness (QED) is 0.376. The van der Waals surface area contributed by atoms with Gasteiger partial charge in [0.05, 0.1) is 16.7 Å². The van der Waals surface area contributed by atoms with Crippen molar-refractivity contribution in [1.29, 1.82) is 0 Å². The SMILES string of the molecule is CC1(C)O[C@H]2[C@H](OC(=O)c3ccccc3)[C@@H](OC(=O)c3ccccc3)[C@H](OC(=O)c3ccccc3)[C@H](O)[C@@H]2O1. The highest BCUT2D eigenvalue weighted by Gasteiger charge is 2.62. The molecule has 0 bridgehead atoms. The monoisotopic (exact) mass is 532 g/mol. The molecule has 6 atom stereocenters. The van der Waals surface area contributed by atoms with Crippen LogP contribution in [0.2, 0.25) is 0 Å². The van der Waals surface area contributed by atoms with Gasteiger partial charge in [0, 0.05) is 0 Å². The molecule has 202 valence electrons. The number of hydrogen-bond acceptors (Lipinski definition) is 9. The van der Waals surface area contributed by atoms with Crippen molar-refractivity contribution in [2.24, 2.45) is 0 Å². The van der Waals surface area contributed by atoms with Crippen LogP contribution in [0, 0.1) is 0 Å². The molecule has 9 nitrogen and oxygen atoms in total. The highest BCUT2D eigenvalue weighted by molar-refractivity contribution is 5.91. The molecular formula is C30H28O9. The Morgan fingerprint density at radius 1 is 0.590 bits per heavy atom. The zero-order valence-corrected chi connectivity index (χ0v) is 21.3. The van der Waals surface area contributed by atoms with Gasteiger partial charge in [-0.05, 0) is 50.2 Å². The highest BCUT2D eigenvalue weighted by atomic mass is 16.8. The van der Waals surface area contributed by atoms with Crippen LogP contribution in [-0.4, -0.2) is 65.4 Å². The third-order valence-corrected chi connectivity index (χ3v) is 6.57. The molecule has 5 rings (SSSR count). The second-order valence-corrected chi connectivity index (χ2v) is 9.76. The maximum atomic E-state index is 13.2. The highest BCUT2D eigenvalue weighted by Crippen LogP contribution is 2.41. The van der Waals surface area contributed by atoms with Crippen molar-refractivity contribution in [2.45, 2.75) is 56.3 Å². The van der Waals surface area contributed by atoms with Crippen LogP contribution in [0.3, 0.4) is 0 Å². The summed E-state index contributed by atoms with van der Waals surface area (Å²) in [6, 6.07) is 24.6. The molecule has 3 aromatic rings. The molecule has 1 saturated heterocycles. The van der Waals surface area contributed by atoms with Gasteiger partial charge in [0.1, 0.15) is 18.3 Å². The van der Waals surface area contributed by atoms with Gasteiger partial charge in [-0.1, -0.05) is 54.6 Å². The summed E-state index contributed by atoms with van der Waals surface area (Å²) >= 11 is 0. The Morgan fingerprint density at radius 2 is 0.949 bits per heavy atom. The van der Waals surface area contributed by atoms with Crippen LogP contribution < -0.4 is 0 Å². The Hall–Kier alpha value is -4.05. The van der Waals surface area contributed by atoms with Crippen LogP contribution >= 0.6 is 0 Å². The minimum Gasteiger partial charge on any atom is -0.452 e. The van der Waals surface area contributed by atoms with E-state index in [0.29, 0.717) is 0 Å². The van der Waals surface area contributed by atoms with Crippen molar-refractivity contribution >= 4 is 17.9 Å². The molecular weight excluding hydrogens is 504 g/mol. The second-order valence-electron chi connectivity index (χ2n) is 9.76. The lowest BCUT2D eigenvalue weighted by Gasteiger charge is -2.43. The van der Waals surface area contributed by atoms with Gasteiger partial charge in [-0.25, -0.2) is 14.4 Å². The van der Waals surface area contributed by atoms with E-state index in [4.69, 9.17) is 23.7 Å². The summed E-state index contributed by atoms with van der Waals surface area (Å²) in [6.45, 7) is 3.29. The number of hydrogen-bond donors (Lipinski definition) is 1. The average Bonchev–Trinajstić information content (AvgIpc) is 3.29. The number of benzene rings is 3. The van der Waals surface area contributed by atoms with Gasteiger partial charge in [0.15, 0.2) is 24.1 Å². The van der Waals surface area contributed by atoms with Crippen LogP contribution in [0.5, 0.6) is 0 Å². The lowest BCUT2D eigenvalue weighted by molar-refractivity contribution is -0.194. The van der Waals surface area contributed by atoms with Crippen molar-refractivity contribution < 1.29 is 43.2 Å². The summed E-state index contributed by atoms with van der Waals surface area (Å²) in [6.07, 6.45) is -7.69. The Bertz CT molecular complexity index is 1310. The molecule has 39 heavy (non-hydrogen) atoms. The summed E-state index contributed by atoms with van der Waals surface area (Å²) in [7, 11) is 0. The van der Waals surface area contributed by atoms with Gasteiger partial charge in [0.25, 0.3) is 0 Å². The Labute approximate surface area is 225 Å². The predicted octanol–water partition coefficient (Wildman–Crippen LogP) is 3.56. The number of ether oxygens (including phenoxy) is 5. The molecule has 1 N–H and O–H groups in total. The van der Waals surface area contributed by atoms with Gasteiger partial charge >= 0.3 is 17.9 Å². The molecule has 2 fully saturated rings. The van der Waals surface area contributed by atoms with Gasteiger partial charge in [-0.3, -0.25) is 0 Å². The summed E-state index contributed by atoms with van der Waals surface area (Å²) in [5.41, 5.74) is 0.699. The first-order valence-electron chi connectivity index (χ1n) is 12.6. The van der Waals surface area contributed by atoms with E-state index >= 15 is 0 Å². The average molecular weight is 533 g/mol. The molecule has 1 saturated carbocycles. The fraction of sp³-hybridized carbons (Fsp3) is 0.300. The lowest BCUT2D eigenvalue weighted by Crippen LogP contribution is -2.65. The molecule has 0 aromatic heterocycles. The van der Waals surface area contributed by atoms with Crippen LogP contribution in [0.4, 0.5) is 0 Å². The lowest BCUT2D eigenvalue weighted by atomic mass is 9.84. The molecule has 0 amide bonds. The van der Waals surface area contributed by atoms with E-state index in [1.54, 1.807) is 105 Å². The molecule has 1 aliphatic carbocycles. The van der Waals surface area contributed by atoms with Gasteiger partial charge in [0.2, 0.25) is 0 Å². The third kappa shape index (κ3) is 5.70. The van der Waals surface area contributed by atoms with E-state index in [9.17, 15) is 19.5 Å². The topological polar surface area (TPSA) is 118 Å². The van der Waals surface area contributed by atoms with E-state index in [1.165, 1.54) is 0 Å². The molecule has 0 radical (unpaired) electrons. The fourth-order valence-corrected chi connectivity index (χ4v) is 4.79. The number of aliphatic hydroxyl groups is 1. The Kier molecular flexibility index (Phi) is 7.47. The van der Waals surface area contributed by atoms with E-state index in [1.807, 2.05) is 0 Å². The molecule has 9 heteroatoms. The molecule has 2 aliphatic rings. The molecule has 1 heterocycles. The minimum atomic E-state index is -1.47. The first-order valence-corrected chi connectivity index (χ1v) is 12.6. The Morgan fingerprint density at radius 3 is 1.38 bits per heavy atom. The van der Waals surface area contributed by atoms with E-state index in [-0.39, 0.29) is 16.7 Å². The summed E-state index contributed by atoms with van der Waals surface area (Å²) in [4.78, 5) is 39.4. The summed E-state index contributed by atoms with van der Waals surface area (Å²) < 4.78 is 29.4. The number of aliphatic hydroxyl groups excluding tert-OH is 1.